The van der Waals surface area contributed by atoms with Crippen LogP contribution in [0.1, 0.15) is 10.6 Å². The molecule has 8 heteroatoms. The van der Waals surface area contributed by atoms with Gasteiger partial charge in [0.05, 0.1) is 23.2 Å². The van der Waals surface area contributed by atoms with E-state index in [1.807, 2.05) is 37.3 Å². The van der Waals surface area contributed by atoms with Gasteiger partial charge in [-0.05, 0) is 25.1 Å². The Balaban J connectivity index is 1.55. The van der Waals surface area contributed by atoms with Gasteiger partial charge >= 0.3 is 0 Å². The Morgan fingerprint density at radius 3 is 2.61 bits per heavy atom. The summed E-state index contributed by atoms with van der Waals surface area (Å²) in [6.45, 7) is 1.97. The Morgan fingerprint density at radius 2 is 1.86 bits per heavy atom. The van der Waals surface area contributed by atoms with E-state index in [1.165, 1.54) is 11.3 Å². The highest BCUT2D eigenvalue weighted by Crippen LogP contribution is 2.31. The lowest BCUT2D eigenvalue weighted by Crippen LogP contribution is -2.18. The second-order valence-corrected chi connectivity index (χ2v) is 8.32. The zero-order valence-electron chi connectivity index (χ0n) is 14.8. The zero-order valence-corrected chi connectivity index (χ0v) is 17.2. The summed E-state index contributed by atoms with van der Waals surface area (Å²) < 4.78 is 0.998. The van der Waals surface area contributed by atoms with Crippen molar-refractivity contribution in [3.63, 3.8) is 0 Å². The molecule has 6 nitrogen and oxygen atoms in total. The number of halogens is 1. The van der Waals surface area contributed by atoms with Gasteiger partial charge in [-0.1, -0.05) is 46.3 Å². The van der Waals surface area contributed by atoms with Crippen LogP contribution in [0.2, 0.25) is 0 Å². The second-order valence-electron chi connectivity index (χ2n) is 6.20. The minimum absolute atomic E-state index is 0.0452. The summed E-state index contributed by atoms with van der Waals surface area (Å²) in [6, 6.07) is 15.0. The number of carbonyl (C=O) groups is 1. The van der Waals surface area contributed by atoms with Crippen LogP contribution in [0.3, 0.4) is 0 Å². The Morgan fingerprint density at radius 1 is 1.14 bits per heavy atom. The van der Waals surface area contributed by atoms with Crippen molar-refractivity contribution in [2.75, 3.05) is 5.32 Å². The van der Waals surface area contributed by atoms with E-state index in [4.69, 9.17) is 0 Å². The number of nitrogens with zero attached hydrogens (tertiary/aromatic N) is 2. The van der Waals surface area contributed by atoms with Gasteiger partial charge in [-0.15, -0.1) is 11.3 Å². The molecule has 0 aliphatic rings. The minimum atomic E-state index is -0.269. The van der Waals surface area contributed by atoms with Crippen LogP contribution >= 0.6 is 27.3 Å². The number of rotatable bonds is 4. The average Bonchev–Trinajstić information content (AvgIpc) is 3.05. The van der Waals surface area contributed by atoms with Gasteiger partial charge in [-0.25, -0.2) is 10.1 Å². The first-order valence-corrected chi connectivity index (χ1v) is 10.1. The molecule has 28 heavy (non-hydrogen) atoms. The fourth-order valence-corrected chi connectivity index (χ4v) is 4.06. The Labute approximate surface area is 172 Å². The predicted molar refractivity (Wildman–Crippen MR) is 115 cm³/mol. The number of carbonyl (C=O) groups excluding carboxylic acids is 1. The van der Waals surface area contributed by atoms with Gasteiger partial charge in [0.25, 0.3) is 5.56 Å². The van der Waals surface area contributed by atoms with Gasteiger partial charge in [-0.3, -0.25) is 9.59 Å². The normalized spacial score (nSPS) is 10.9. The smallest absolute Gasteiger partial charge is 0.272 e. The van der Waals surface area contributed by atoms with Crippen molar-refractivity contribution in [2.24, 2.45) is 0 Å². The van der Waals surface area contributed by atoms with Crippen molar-refractivity contribution in [1.82, 2.24) is 15.2 Å². The molecule has 2 aromatic carbocycles. The first-order chi connectivity index (χ1) is 13.5. The molecule has 0 aliphatic carbocycles. The molecule has 0 saturated heterocycles. The number of fused-ring (bicyclic) bond motifs is 1. The first-order valence-electron chi connectivity index (χ1n) is 8.51. The van der Waals surface area contributed by atoms with E-state index in [0.717, 1.165) is 20.6 Å². The number of H-pyrrole nitrogens is 1. The fourth-order valence-electron chi connectivity index (χ4n) is 2.95. The largest absolute Gasteiger partial charge is 0.302 e. The van der Waals surface area contributed by atoms with Gasteiger partial charge in [0, 0.05) is 20.3 Å². The van der Waals surface area contributed by atoms with Crippen LogP contribution in [0.15, 0.2) is 57.8 Å². The second kappa shape index (κ2) is 7.65. The number of aromatic amines is 1. The molecule has 4 rings (SSSR count). The molecule has 0 saturated carbocycles. The molecule has 0 spiro atoms. The van der Waals surface area contributed by atoms with Crippen LogP contribution in [0.5, 0.6) is 0 Å². The minimum Gasteiger partial charge on any atom is -0.302 e. The first kappa shape index (κ1) is 18.5. The van der Waals surface area contributed by atoms with E-state index >= 15 is 0 Å². The Kier molecular flexibility index (Phi) is 5.06. The number of amides is 1. The number of aryl methyl sites for hydroxylation is 1. The molecule has 0 radical (unpaired) electrons. The molecule has 0 fully saturated rings. The molecule has 0 aliphatic heterocycles. The number of nitrogens with one attached hydrogen (secondary N) is 2. The molecular formula is C20H15BrN4O2S. The van der Waals surface area contributed by atoms with Crippen LogP contribution in [0.4, 0.5) is 5.13 Å². The molecule has 0 unspecified atom stereocenters. The summed E-state index contributed by atoms with van der Waals surface area (Å²) in [4.78, 5) is 30.0. The van der Waals surface area contributed by atoms with Crippen LogP contribution in [-0.2, 0) is 11.2 Å². The van der Waals surface area contributed by atoms with Crippen molar-refractivity contribution in [3.8, 4) is 11.3 Å². The number of benzene rings is 2. The van der Waals surface area contributed by atoms with E-state index in [2.05, 4.69) is 36.4 Å². The zero-order chi connectivity index (χ0) is 19.7. The van der Waals surface area contributed by atoms with Crippen LogP contribution in [0, 0.1) is 6.92 Å². The van der Waals surface area contributed by atoms with Crippen molar-refractivity contribution in [2.45, 2.75) is 13.3 Å². The van der Waals surface area contributed by atoms with Gasteiger partial charge < -0.3 is 5.32 Å². The number of thiazole rings is 1. The van der Waals surface area contributed by atoms with E-state index in [0.29, 0.717) is 21.6 Å². The molecule has 2 aromatic heterocycles. The highest BCUT2D eigenvalue weighted by Gasteiger charge is 2.15. The summed E-state index contributed by atoms with van der Waals surface area (Å²) in [5, 5.41) is 11.1. The molecular weight excluding hydrogens is 440 g/mol. The summed E-state index contributed by atoms with van der Waals surface area (Å²) in [6.07, 6.45) is 0.0452. The molecule has 4 aromatic rings. The molecule has 140 valence electrons. The van der Waals surface area contributed by atoms with Gasteiger partial charge in [0.1, 0.15) is 0 Å². The summed E-state index contributed by atoms with van der Waals surface area (Å²) >= 11 is 4.85. The van der Waals surface area contributed by atoms with Gasteiger partial charge in [-0.2, -0.15) is 5.10 Å². The Bertz CT molecular complexity index is 1230. The number of aromatic nitrogens is 3. The Hall–Kier alpha value is -2.84. The summed E-state index contributed by atoms with van der Waals surface area (Å²) in [7, 11) is 0. The molecule has 2 N–H and O–H groups in total. The lowest BCUT2D eigenvalue weighted by molar-refractivity contribution is -0.115. The lowest BCUT2D eigenvalue weighted by Gasteiger charge is -2.04. The summed E-state index contributed by atoms with van der Waals surface area (Å²) in [5.41, 5.74) is 2.09. The van der Waals surface area contributed by atoms with E-state index in [9.17, 15) is 9.59 Å². The molecule has 0 atom stereocenters. The highest BCUT2D eigenvalue weighted by molar-refractivity contribution is 9.10. The maximum absolute atomic E-state index is 12.5. The topological polar surface area (TPSA) is 87.7 Å². The fraction of sp³-hybridized carbons (Fsp3) is 0.100. The van der Waals surface area contributed by atoms with Crippen molar-refractivity contribution in [1.29, 1.82) is 0 Å². The average molecular weight is 455 g/mol. The van der Waals surface area contributed by atoms with Crippen molar-refractivity contribution in [3.05, 3.63) is 73.9 Å². The third-order valence-corrected chi connectivity index (χ3v) is 5.68. The summed E-state index contributed by atoms with van der Waals surface area (Å²) in [5.74, 6) is -0.235. The third-order valence-electron chi connectivity index (χ3n) is 4.26. The monoisotopic (exact) mass is 454 g/mol. The SMILES string of the molecule is Cc1sc(NC(=O)Cc2n[nH]c(=O)c3ccccc23)nc1-c1ccc(Br)cc1. The van der Waals surface area contributed by atoms with E-state index in [-0.39, 0.29) is 17.9 Å². The predicted octanol–water partition coefficient (Wildman–Crippen LogP) is 4.30. The molecule has 1 amide bonds. The van der Waals surface area contributed by atoms with Gasteiger partial charge in [0.15, 0.2) is 5.13 Å². The van der Waals surface area contributed by atoms with Crippen LogP contribution in [0.25, 0.3) is 22.0 Å². The lowest BCUT2D eigenvalue weighted by atomic mass is 10.1. The maximum Gasteiger partial charge on any atom is 0.272 e. The highest BCUT2D eigenvalue weighted by atomic mass is 79.9. The standard InChI is InChI=1S/C20H15BrN4O2S/c1-11-18(12-6-8-13(21)9-7-12)23-20(28-11)22-17(26)10-16-14-4-2-3-5-15(14)19(27)25-24-16/h2-9H,10H2,1H3,(H,25,27)(H,22,23,26). The number of hydrogen-bond donors (Lipinski definition) is 2. The number of anilines is 1. The molecule has 2 heterocycles. The molecule has 0 bridgehead atoms. The van der Waals surface area contributed by atoms with Crippen molar-refractivity contribution < 1.29 is 4.79 Å². The quantitative estimate of drug-likeness (QED) is 0.481. The van der Waals surface area contributed by atoms with Crippen LogP contribution in [-0.4, -0.2) is 21.1 Å². The number of hydrogen-bond acceptors (Lipinski definition) is 5. The van der Waals surface area contributed by atoms with E-state index < -0.39 is 0 Å². The maximum atomic E-state index is 12.5. The van der Waals surface area contributed by atoms with Crippen LogP contribution < -0.4 is 10.9 Å². The van der Waals surface area contributed by atoms with Crippen molar-refractivity contribution >= 4 is 49.1 Å². The van der Waals surface area contributed by atoms with E-state index in [1.54, 1.807) is 18.2 Å². The third kappa shape index (κ3) is 3.74. The van der Waals surface area contributed by atoms with Gasteiger partial charge in [0.2, 0.25) is 5.91 Å².